The number of nitrogens with zero attached hydrogens (tertiary/aromatic N) is 3. The largest absolute Gasteiger partial charge is 0.380 e. The molecule has 0 aliphatic carbocycles. The van der Waals surface area contributed by atoms with Gasteiger partial charge in [0.25, 0.3) is 0 Å². The van der Waals surface area contributed by atoms with Crippen LogP contribution in [0.25, 0.3) is 17.0 Å². The first-order chi connectivity index (χ1) is 10.4. The van der Waals surface area contributed by atoms with Gasteiger partial charge < -0.3 is 4.74 Å². The molecule has 2 heterocycles. The molecule has 0 radical (unpaired) electrons. The Kier molecular flexibility index (Phi) is 3.70. The maximum atomic E-state index is 6.44. The molecular weight excluding hydrogens is 300 g/mol. The van der Waals surface area contributed by atoms with Gasteiger partial charge in [-0.15, -0.1) is 5.10 Å². The lowest BCUT2D eigenvalue weighted by Gasteiger charge is -2.16. The first-order valence-electron chi connectivity index (χ1n) is 7.13. The lowest BCUT2D eigenvalue weighted by Crippen LogP contribution is -2.12. The van der Waals surface area contributed by atoms with Crippen molar-refractivity contribution in [2.45, 2.75) is 32.8 Å². The minimum atomic E-state index is -0.0819. The Bertz CT molecular complexity index is 796. The Morgan fingerprint density at radius 3 is 2.45 bits per heavy atom. The van der Waals surface area contributed by atoms with Crippen LogP contribution in [0.5, 0.6) is 0 Å². The van der Waals surface area contributed by atoms with E-state index in [0.717, 1.165) is 16.8 Å². The number of ether oxygens (including phenoxy) is 1. The molecule has 3 rings (SSSR count). The van der Waals surface area contributed by atoms with E-state index in [1.165, 1.54) is 0 Å². The summed E-state index contributed by atoms with van der Waals surface area (Å²) < 4.78 is 6.75. The first-order valence-corrected chi connectivity index (χ1v) is 7.51. The highest BCUT2D eigenvalue weighted by atomic mass is 35.5. The van der Waals surface area contributed by atoms with Crippen LogP contribution < -0.4 is 0 Å². The summed E-state index contributed by atoms with van der Waals surface area (Å²) in [5.41, 5.74) is 3.57. The van der Waals surface area contributed by atoms with E-state index < -0.39 is 0 Å². The molecule has 0 saturated carbocycles. The van der Waals surface area contributed by atoms with Crippen LogP contribution in [0.2, 0.25) is 5.02 Å². The van der Waals surface area contributed by atoms with Crippen LogP contribution in [0, 0.1) is 0 Å². The van der Waals surface area contributed by atoms with Gasteiger partial charge in [0.05, 0.1) is 12.3 Å². The van der Waals surface area contributed by atoms with Crippen LogP contribution in [0.15, 0.2) is 24.3 Å². The second-order valence-electron chi connectivity index (χ2n) is 6.35. The maximum Gasteiger partial charge on any atom is 0.194 e. The number of nitrogens with one attached hydrogen (secondary N) is 1. The number of aromatic amines is 1. The van der Waals surface area contributed by atoms with E-state index in [0.29, 0.717) is 23.1 Å². The molecule has 0 atom stereocenters. The van der Waals surface area contributed by atoms with Gasteiger partial charge in [0, 0.05) is 18.1 Å². The average Bonchev–Trinajstić information content (AvgIpc) is 3.00. The summed E-state index contributed by atoms with van der Waals surface area (Å²) >= 11 is 6.44. The van der Waals surface area contributed by atoms with Crippen molar-refractivity contribution in [3.63, 3.8) is 0 Å². The van der Waals surface area contributed by atoms with Gasteiger partial charge in [-0.3, -0.25) is 5.10 Å². The van der Waals surface area contributed by atoms with Gasteiger partial charge in [-0.2, -0.15) is 4.63 Å². The molecule has 1 aromatic carbocycles. The minimum Gasteiger partial charge on any atom is -0.380 e. The number of benzene rings is 1. The lowest BCUT2D eigenvalue weighted by molar-refractivity contribution is 0.185. The molecule has 1 N–H and O–H groups in total. The molecule has 0 spiro atoms. The number of hydrogen-bond donors (Lipinski definition) is 1. The highest BCUT2D eigenvalue weighted by molar-refractivity contribution is 6.34. The molecule has 0 amide bonds. The molecule has 0 fully saturated rings. The topological polar surface area (TPSA) is 55.2 Å². The normalized spacial score (nSPS) is 12.2. The van der Waals surface area contributed by atoms with Gasteiger partial charge >= 0.3 is 0 Å². The van der Waals surface area contributed by atoms with Gasteiger partial charge in [0.15, 0.2) is 11.5 Å². The second kappa shape index (κ2) is 5.41. The highest BCUT2D eigenvalue weighted by Gasteiger charge is 2.24. The third kappa shape index (κ3) is 2.62. The lowest BCUT2D eigenvalue weighted by atomic mass is 9.92. The number of aromatic nitrogens is 4. The van der Waals surface area contributed by atoms with Crippen molar-refractivity contribution in [3.8, 4) is 11.4 Å². The third-order valence-corrected chi connectivity index (χ3v) is 3.87. The predicted molar refractivity (Wildman–Crippen MR) is 87.2 cm³/mol. The monoisotopic (exact) mass is 318 g/mol. The van der Waals surface area contributed by atoms with Crippen molar-refractivity contribution in [2.75, 3.05) is 7.11 Å². The van der Waals surface area contributed by atoms with Crippen LogP contribution in [-0.4, -0.2) is 26.9 Å². The Hall–Kier alpha value is -1.85. The fraction of sp³-hybridized carbons (Fsp3) is 0.375. The van der Waals surface area contributed by atoms with Gasteiger partial charge in [-0.05, 0) is 5.56 Å². The molecule has 2 aromatic heterocycles. The van der Waals surface area contributed by atoms with Crippen LogP contribution >= 0.6 is 11.6 Å². The summed E-state index contributed by atoms with van der Waals surface area (Å²) in [5.74, 6) is 0.651. The van der Waals surface area contributed by atoms with Crippen LogP contribution in [-0.2, 0) is 16.8 Å². The SMILES string of the molecule is COCc1ccc(-c2nc3c(Cl)c(C(C)(C)C)[nH]n3n2)cc1. The molecule has 3 aromatic rings. The minimum absolute atomic E-state index is 0.0819. The fourth-order valence-corrected chi connectivity index (χ4v) is 2.78. The average molecular weight is 319 g/mol. The third-order valence-electron chi connectivity index (χ3n) is 3.51. The van der Waals surface area contributed by atoms with E-state index in [1.807, 2.05) is 24.3 Å². The Morgan fingerprint density at radius 2 is 1.91 bits per heavy atom. The van der Waals surface area contributed by atoms with Gasteiger partial charge in [-0.25, -0.2) is 4.98 Å². The zero-order chi connectivity index (χ0) is 15.9. The maximum absolute atomic E-state index is 6.44. The summed E-state index contributed by atoms with van der Waals surface area (Å²) in [6.45, 7) is 6.89. The summed E-state index contributed by atoms with van der Waals surface area (Å²) in [5, 5.41) is 8.33. The summed E-state index contributed by atoms with van der Waals surface area (Å²) in [4.78, 5) is 4.55. The van der Waals surface area contributed by atoms with E-state index in [9.17, 15) is 0 Å². The van der Waals surface area contributed by atoms with Gasteiger partial charge in [-0.1, -0.05) is 56.6 Å². The summed E-state index contributed by atoms with van der Waals surface area (Å²) in [7, 11) is 1.68. The molecule has 0 aliphatic heterocycles. The summed E-state index contributed by atoms with van der Waals surface area (Å²) in [6, 6.07) is 8.00. The second-order valence-corrected chi connectivity index (χ2v) is 6.73. The number of halogens is 1. The van der Waals surface area contributed by atoms with Crippen LogP contribution in [0.1, 0.15) is 32.0 Å². The fourth-order valence-electron chi connectivity index (χ4n) is 2.33. The van der Waals surface area contributed by atoms with Crippen molar-refractivity contribution in [2.24, 2.45) is 0 Å². The van der Waals surface area contributed by atoms with E-state index in [-0.39, 0.29) is 5.41 Å². The zero-order valence-corrected chi connectivity index (χ0v) is 13.9. The molecule has 22 heavy (non-hydrogen) atoms. The molecule has 6 heteroatoms. The van der Waals surface area contributed by atoms with Crippen molar-refractivity contribution >= 4 is 17.2 Å². The zero-order valence-electron chi connectivity index (χ0n) is 13.1. The van der Waals surface area contributed by atoms with Crippen molar-refractivity contribution in [1.82, 2.24) is 19.8 Å². The van der Waals surface area contributed by atoms with Crippen molar-refractivity contribution in [1.29, 1.82) is 0 Å². The highest BCUT2D eigenvalue weighted by Crippen LogP contribution is 2.31. The van der Waals surface area contributed by atoms with Crippen molar-refractivity contribution in [3.05, 3.63) is 40.5 Å². The standard InChI is InChI=1S/C16H19ClN4O/c1-16(2,3)13-12(17)15-18-14(20-21(15)19-13)11-7-5-10(6-8-11)9-22-4/h5-8,19H,9H2,1-4H3. The van der Waals surface area contributed by atoms with Crippen LogP contribution in [0.3, 0.4) is 0 Å². The molecule has 0 unspecified atom stereocenters. The number of rotatable bonds is 3. The molecule has 0 bridgehead atoms. The first kappa shape index (κ1) is 15.1. The number of H-pyrrole nitrogens is 1. The Morgan fingerprint density at radius 1 is 1.23 bits per heavy atom. The van der Waals surface area contributed by atoms with E-state index >= 15 is 0 Å². The molecule has 0 aliphatic rings. The molecular formula is C16H19ClN4O. The summed E-state index contributed by atoms with van der Waals surface area (Å²) in [6.07, 6.45) is 0. The predicted octanol–water partition coefficient (Wildman–Crippen LogP) is 3.82. The Labute approximate surface area is 134 Å². The van der Waals surface area contributed by atoms with Crippen LogP contribution in [0.4, 0.5) is 0 Å². The quantitative estimate of drug-likeness (QED) is 0.798. The molecule has 5 nitrogen and oxygen atoms in total. The number of methoxy groups -OCH3 is 1. The van der Waals surface area contributed by atoms with E-state index in [1.54, 1.807) is 11.7 Å². The Balaban J connectivity index is 1.99. The smallest absolute Gasteiger partial charge is 0.194 e. The van der Waals surface area contributed by atoms with Gasteiger partial charge in [0.2, 0.25) is 0 Å². The molecule has 0 saturated heterocycles. The number of hydrogen-bond acceptors (Lipinski definition) is 3. The molecule has 116 valence electrons. The number of fused-ring (bicyclic) bond motifs is 1. The van der Waals surface area contributed by atoms with E-state index in [2.05, 4.69) is 36.0 Å². The van der Waals surface area contributed by atoms with Gasteiger partial charge in [0.1, 0.15) is 5.02 Å². The van der Waals surface area contributed by atoms with Crippen molar-refractivity contribution < 1.29 is 4.74 Å². The van der Waals surface area contributed by atoms with E-state index in [4.69, 9.17) is 16.3 Å².